The SMILES string of the molecule is C=C(C)COc1ccc(NC(=S)NC(=O)CCCCC)cc1. The maximum atomic E-state index is 11.7. The number of unbranched alkanes of at least 4 members (excludes halogenated alkanes) is 2. The van der Waals surface area contributed by atoms with Crippen molar-refractivity contribution in [2.75, 3.05) is 11.9 Å². The highest BCUT2D eigenvalue weighted by atomic mass is 32.1. The fourth-order valence-corrected chi connectivity index (χ4v) is 1.96. The molecule has 0 spiro atoms. The van der Waals surface area contributed by atoms with E-state index < -0.39 is 0 Å². The van der Waals surface area contributed by atoms with Gasteiger partial charge in [0.25, 0.3) is 0 Å². The van der Waals surface area contributed by atoms with Crippen molar-refractivity contribution in [1.29, 1.82) is 0 Å². The topological polar surface area (TPSA) is 50.4 Å². The number of carbonyl (C=O) groups excluding carboxylic acids is 1. The van der Waals surface area contributed by atoms with Gasteiger partial charge in [-0.15, -0.1) is 0 Å². The summed E-state index contributed by atoms with van der Waals surface area (Å²) in [7, 11) is 0. The number of nitrogens with one attached hydrogen (secondary N) is 2. The van der Waals surface area contributed by atoms with Gasteiger partial charge in [-0.3, -0.25) is 4.79 Å². The van der Waals surface area contributed by atoms with Crippen LogP contribution in [0.25, 0.3) is 0 Å². The van der Waals surface area contributed by atoms with Crippen molar-refractivity contribution >= 4 is 28.9 Å². The number of anilines is 1. The number of amides is 1. The van der Waals surface area contributed by atoms with E-state index in [1.54, 1.807) is 0 Å². The van der Waals surface area contributed by atoms with Gasteiger partial charge in [0.2, 0.25) is 5.91 Å². The minimum absolute atomic E-state index is 0.0487. The van der Waals surface area contributed by atoms with Gasteiger partial charge < -0.3 is 15.4 Å². The molecule has 0 saturated carbocycles. The summed E-state index contributed by atoms with van der Waals surface area (Å²) in [6.45, 7) is 8.30. The van der Waals surface area contributed by atoms with Gasteiger partial charge in [-0.25, -0.2) is 0 Å². The second kappa shape index (κ2) is 9.95. The third-order valence-corrected chi connectivity index (χ3v) is 3.06. The number of benzene rings is 1. The molecular formula is C17H24N2O2S. The molecule has 0 atom stereocenters. The van der Waals surface area contributed by atoms with E-state index in [1.165, 1.54) is 0 Å². The second-order valence-electron chi connectivity index (χ2n) is 5.23. The minimum Gasteiger partial charge on any atom is -0.489 e. The zero-order chi connectivity index (χ0) is 16.4. The molecule has 1 aromatic rings. The number of carbonyl (C=O) groups is 1. The number of thiocarbonyl (C=S) groups is 1. The Balaban J connectivity index is 2.37. The molecule has 0 aromatic heterocycles. The summed E-state index contributed by atoms with van der Waals surface area (Å²) in [4.78, 5) is 11.7. The molecule has 0 unspecified atom stereocenters. The van der Waals surface area contributed by atoms with Crippen LogP contribution in [0.4, 0.5) is 5.69 Å². The molecule has 4 nitrogen and oxygen atoms in total. The van der Waals surface area contributed by atoms with E-state index in [2.05, 4.69) is 24.1 Å². The fourth-order valence-electron chi connectivity index (χ4n) is 1.73. The fraction of sp³-hybridized carbons (Fsp3) is 0.412. The molecule has 0 heterocycles. The predicted molar refractivity (Wildman–Crippen MR) is 95.3 cm³/mol. The average Bonchev–Trinajstić information content (AvgIpc) is 2.46. The van der Waals surface area contributed by atoms with Crippen LogP contribution in [0.2, 0.25) is 0 Å². The van der Waals surface area contributed by atoms with Gasteiger partial charge in [0, 0.05) is 12.1 Å². The molecule has 1 rings (SSSR count). The molecule has 1 amide bonds. The van der Waals surface area contributed by atoms with E-state index in [1.807, 2.05) is 31.2 Å². The molecule has 0 radical (unpaired) electrons. The molecule has 2 N–H and O–H groups in total. The van der Waals surface area contributed by atoms with Crippen molar-refractivity contribution in [3.8, 4) is 5.75 Å². The third kappa shape index (κ3) is 7.78. The first kappa shape index (κ1) is 18.2. The van der Waals surface area contributed by atoms with Crippen LogP contribution in [0.15, 0.2) is 36.4 Å². The lowest BCUT2D eigenvalue weighted by Gasteiger charge is -2.10. The van der Waals surface area contributed by atoms with Crippen LogP contribution in [0, 0.1) is 0 Å². The molecule has 120 valence electrons. The summed E-state index contributed by atoms with van der Waals surface area (Å²) in [6, 6.07) is 7.39. The Morgan fingerprint density at radius 2 is 1.95 bits per heavy atom. The van der Waals surface area contributed by atoms with Crippen molar-refractivity contribution in [3.63, 3.8) is 0 Å². The molecule has 0 bridgehead atoms. The zero-order valence-electron chi connectivity index (χ0n) is 13.3. The van der Waals surface area contributed by atoms with E-state index in [9.17, 15) is 4.79 Å². The van der Waals surface area contributed by atoms with Gasteiger partial charge >= 0.3 is 0 Å². The smallest absolute Gasteiger partial charge is 0.226 e. The highest BCUT2D eigenvalue weighted by Gasteiger charge is 2.04. The average molecular weight is 320 g/mol. The lowest BCUT2D eigenvalue weighted by molar-refractivity contribution is -0.119. The lowest BCUT2D eigenvalue weighted by Crippen LogP contribution is -2.33. The summed E-state index contributed by atoms with van der Waals surface area (Å²) in [5.41, 5.74) is 1.77. The maximum Gasteiger partial charge on any atom is 0.226 e. The molecule has 1 aromatic carbocycles. The minimum atomic E-state index is -0.0487. The number of hydrogen-bond donors (Lipinski definition) is 2. The van der Waals surface area contributed by atoms with Crippen molar-refractivity contribution in [1.82, 2.24) is 5.32 Å². The molecule has 0 aliphatic heterocycles. The standard InChI is InChI=1S/C17H24N2O2S/c1-4-5-6-7-16(20)19-17(22)18-14-8-10-15(11-9-14)21-12-13(2)3/h8-11H,2,4-7,12H2,1,3H3,(H2,18,19,20,22). The molecule has 0 saturated heterocycles. The number of hydrogen-bond acceptors (Lipinski definition) is 3. The first-order valence-corrected chi connectivity index (χ1v) is 7.90. The molecule has 0 aliphatic rings. The summed E-state index contributed by atoms with van der Waals surface area (Å²) < 4.78 is 5.52. The first-order chi connectivity index (χ1) is 10.5. The Morgan fingerprint density at radius 3 is 2.55 bits per heavy atom. The Labute approximate surface area is 137 Å². The van der Waals surface area contributed by atoms with Crippen LogP contribution >= 0.6 is 12.2 Å². The van der Waals surface area contributed by atoms with Crippen LogP contribution in [0.1, 0.15) is 39.5 Å². The van der Waals surface area contributed by atoms with E-state index in [0.29, 0.717) is 18.1 Å². The van der Waals surface area contributed by atoms with Gasteiger partial charge in [-0.2, -0.15) is 0 Å². The van der Waals surface area contributed by atoms with Gasteiger partial charge in [0.1, 0.15) is 12.4 Å². The molecule has 0 aliphatic carbocycles. The van der Waals surface area contributed by atoms with Crippen LogP contribution < -0.4 is 15.4 Å². The second-order valence-corrected chi connectivity index (χ2v) is 5.64. The predicted octanol–water partition coefficient (Wildman–Crippen LogP) is 4.03. The Morgan fingerprint density at radius 1 is 1.27 bits per heavy atom. The lowest BCUT2D eigenvalue weighted by atomic mass is 10.2. The number of rotatable bonds is 8. The molecule has 22 heavy (non-hydrogen) atoms. The van der Waals surface area contributed by atoms with Crippen molar-refractivity contribution in [3.05, 3.63) is 36.4 Å². The van der Waals surface area contributed by atoms with E-state index >= 15 is 0 Å². The van der Waals surface area contributed by atoms with Gasteiger partial charge in [-0.1, -0.05) is 26.3 Å². The highest BCUT2D eigenvalue weighted by molar-refractivity contribution is 7.80. The first-order valence-electron chi connectivity index (χ1n) is 7.49. The quantitative estimate of drug-likeness (QED) is 0.431. The Hall–Kier alpha value is -1.88. The monoisotopic (exact) mass is 320 g/mol. The van der Waals surface area contributed by atoms with Crippen LogP contribution in [-0.2, 0) is 4.79 Å². The molecule has 5 heteroatoms. The van der Waals surface area contributed by atoms with Crippen molar-refractivity contribution in [2.45, 2.75) is 39.5 Å². The molecular weight excluding hydrogens is 296 g/mol. The van der Waals surface area contributed by atoms with Crippen LogP contribution in [-0.4, -0.2) is 17.6 Å². The Kier molecular flexibility index (Phi) is 8.22. The van der Waals surface area contributed by atoms with Gasteiger partial charge in [-0.05, 0) is 55.4 Å². The summed E-state index contributed by atoms with van der Waals surface area (Å²) in [6.07, 6.45) is 3.54. The van der Waals surface area contributed by atoms with E-state index in [4.69, 9.17) is 17.0 Å². The van der Waals surface area contributed by atoms with Crippen molar-refractivity contribution < 1.29 is 9.53 Å². The van der Waals surface area contributed by atoms with E-state index in [-0.39, 0.29) is 5.91 Å². The molecule has 0 fully saturated rings. The summed E-state index contributed by atoms with van der Waals surface area (Å²) in [5.74, 6) is 0.718. The van der Waals surface area contributed by atoms with Gasteiger partial charge in [0.15, 0.2) is 5.11 Å². The van der Waals surface area contributed by atoms with Crippen molar-refractivity contribution in [2.24, 2.45) is 0 Å². The largest absolute Gasteiger partial charge is 0.489 e. The summed E-state index contributed by atoms with van der Waals surface area (Å²) in [5, 5.41) is 5.98. The van der Waals surface area contributed by atoms with Crippen LogP contribution in [0.3, 0.4) is 0 Å². The van der Waals surface area contributed by atoms with E-state index in [0.717, 1.165) is 36.3 Å². The number of ether oxygens (including phenoxy) is 1. The Bertz CT molecular complexity index is 512. The highest BCUT2D eigenvalue weighted by Crippen LogP contribution is 2.16. The van der Waals surface area contributed by atoms with Crippen LogP contribution in [0.5, 0.6) is 5.75 Å². The third-order valence-electron chi connectivity index (χ3n) is 2.86. The maximum absolute atomic E-state index is 11.7. The zero-order valence-corrected chi connectivity index (χ0v) is 14.1. The summed E-state index contributed by atoms with van der Waals surface area (Å²) >= 11 is 5.12. The normalized spacial score (nSPS) is 9.91. The van der Waals surface area contributed by atoms with Gasteiger partial charge in [0.05, 0.1) is 0 Å².